The maximum absolute atomic E-state index is 4.56. The van der Waals surface area contributed by atoms with Crippen LogP contribution in [0.3, 0.4) is 0 Å². The molecule has 4 heteroatoms. The van der Waals surface area contributed by atoms with Gasteiger partial charge in [0, 0.05) is 12.2 Å². The van der Waals surface area contributed by atoms with E-state index in [9.17, 15) is 0 Å². The minimum Gasteiger partial charge on any atom is -0.350 e. The molecule has 94 valence electrons. The van der Waals surface area contributed by atoms with E-state index < -0.39 is 0 Å². The molecule has 2 heterocycles. The number of hydrogen-bond acceptors (Lipinski definition) is 3. The molecule has 2 saturated carbocycles. The normalized spacial score (nSPS) is 30.2. The lowest BCUT2D eigenvalue weighted by molar-refractivity contribution is 0.438. The number of aromatic nitrogens is 3. The second kappa shape index (κ2) is 3.70. The first-order valence-corrected chi connectivity index (χ1v) is 6.87. The van der Waals surface area contributed by atoms with Gasteiger partial charge in [-0.05, 0) is 55.7 Å². The second-order valence-electron chi connectivity index (χ2n) is 5.87. The summed E-state index contributed by atoms with van der Waals surface area (Å²) in [6, 6.07) is 4.73. The highest BCUT2D eigenvalue weighted by molar-refractivity contribution is 5.45. The van der Waals surface area contributed by atoms with Crippen molar-refractivity contribution in [3.8, 4) is 0 Å². The largest absolute Gasteiger partial charge is 0.350 e. The predicted molar refractivity (Wildman–Crippen MR) is 70.6 cm³/mol. The van der Waals surface area contributed by atoms with E-state index in [4.69, 9.17) is 0 Å². The summed E-state index contributed by atoms with van der Waals surface area (Å²) in [5.41, 5.74) is 2.15. The molecule has 2 bridgehead atoms. The van der Waals surface area contributed by atoms with Gasteiger partial charge in [0.15, 0.2) is 5.65 Å². The van der Waals surface area contributed by atoms with Crippen LogP contribution in [-0.2, 0) is 0 Å². The Morgan fingerprint density at radius 2 is 2.28 bits per heavy atom. The van der Waals surface area contributed by atoms with Gasteiger partial charge >= 0.3 is 0 Å². The second-order valence-corrected chi connectivity index (χ2v) is 5.87. The Labute approximate surface area is 106 Å². The first-order chi connectivity index (χ1) is 8.78. The molecule has 0 aromatic carbocycles. The number of pyridine rings is 1. The fourth-order valence-electron chi connectivity index (χ4n) is 3.63. The molecule has 4 nitrogen and oxygen atoms in total. The van der Waals surface area contributed by atoms with Gasteiger partial charge in [-0.1, -0.05) is 6.42 Å². The quantitative estimate of drug-likeness (QED) is 0.880. The third kappa shape index (κ3) is 1.59. The van der Waals surface area contributed by atoms with E-state index in [0.29, 0.717) is 6.04 Å². The van der Waals surface area contributed by atoms with Gasteiger partial charge in [-0.2, -0.15) is 4.98 Å². The van der Waals surface area contributed by atoms with Gasteiger partial charge in [-0.15, -0.1) is 5.10 Å². The molecule has 4 rings (SSSR count). The molecule has 2 aromatic rings. The van der Waals surface area contributed by atoms with Crippen molar-refractivity contribution in [1.29, 1.82) is 0 Å². The molecule has 3 unspecified atom stereocenters. The summed E-state index contributed by atoms with van der Waals surface area (Å²) in [7, 11) is 0. The standard InChI is InChI=1S/C14H18N4/c1-9-4-5-18-13(6-9)16-14(17-18)15-12-8-10-2-3-11(12)7-10/h4-6,10-12H,2-3,7-8H2,1H3,(H,15,17). The molecule has 2 aliphatic rings. The van der Waals surface area contributed by atoms with Crippen LogP contribution in [0.25, 0.3) is 5.65 Å². The van der Waals surface area contributed by atoms with Gasteiger partial charge in [0.05, 0.1) is 0 Å². The lowest BCUT2D eigenvalue weighted by atomic mass is 9.95. The molecular formula is C14H18N4. The third-order valence-corrected chi connectivity index (χ3v) is 4.55. The zero-order chi connectivity index (χ0) is 12.1. The number of aryl methyl sites for hydroxylation is 1. The first kappa shape index (κ1) is 10.4. The Bertz CT molecular complexity index is 588. The zero-order valence-corrected chi connectivity index (χ0v) is 10.6. The molecule has 3 atom stereocenters. The summed E-state index contributed by atoms with van der Waals surface area (Å²) < 4.78 is 1.85. The molecule has 0 radical (unpaired) electrons. The molecule has 0 spiro atoms. The van der Waals surface area contributed by atoms with E-state index in [1.54, 1.807) is 0 Å². The van der Waals surface area contributed by atoms with Crippen molar-refractivity contribution in [2.45, 2.75) is 38.6 Å². The van der Waals surface area contributed by atoms with Crippen LogP contribution in [0.1, 0.15) is 31.2 Å². The van der Waals surface area contributed by atoms with Gasteiger partial charge in [0.1, 0.15) is 0 Å². The molecule has 18 heavy (non-hydrogen) atoms. The van der Waals surface area contributed by atoms with Crippen LogP contribution in [0.4, 0.5) is 5.95 Å². The van der Waals surface area contributed by atoms with Crippen LogP contribution in [0.15, 0.2) is 18.3 Å². The third-order valence-electron chi connectivity index (χ3n) is 4.55. The van der Waals surface area contributed by atoms with Crippen LogP contribution in [0.2, 0.25) is 0 Å². The Morgan fingerprint density at radius 1 is 1.33 bits per heavy atom. The fourth-order valence-corrected chi connectivity index (χ4v) is 3.63. The lowest BCUT2D eigenvalue weighted by Gasteiger charge is -2.21. The zero-order valence-electron chi connectivity index (χ0n) is 10.6. The van der Waals surface area contributed by atoms with Crippen molar-refractivity contribution in [3.05, 3.63) is 23.9 Å². The van der Waals surface area contributed by atoms with Crippen LogP contribution in [-0.4, -0.2) is 20.6 Å². The van der Waals surface area contributed by atoms with E-state index in [-0.39, 0.29) is 0 Å². The van der Waals surface area contributed by atoms with Crippen LogP contribution in [0, 0.1) is 18.8 Å². The molecule has 0 aliphatic heterocycles. The van der Waals surface area contributed by atoms with E-state index in [1.165, 1.54) is 31.2 Å². The summed E-state index contributed by atoms with van der Waals surface area (Å²) in [5, 5.41) is 8.03. The van der Waals surface area contributed by atoms with Crippen molar-refractivity contribution in [2.24, 2.45) is 11.8 Å². The number of fused-ring (bicyclic) bond motifs is 3. The van der Waals surface area contributed by atoms with Gasteiger partial charge < -0.3 is 5.32 Å². The Morgan fingerprint density at radius 3 is 3.06 bits per heavy atom. The summed E-state index contributed by atoms with van der Waals surface area (Å²) in [6.45, 7) is 2.08. The van der Waals surface area contributed by atoms with Gasteiger partial charge in [0.25, 0.3) is 0 Å². The van der Waals surface area contributed by atoms with Gasteiger partial charge in [0.2, 0.25) is 5.95 Å². The fraction of sp³-hybridized carbons (Fsp3) is 0.571. The Balaban J connectivity index is 1.59. The number of nitrogens with one attached hydrogen (secondary N) is 1. The molecule has 0 saturated heterocycles. The van der Waals surface area contributed by atoms with Crippen LogP contribution < -0.4 is 5.32 Å². The van der Waals surface area contributed by atoms with E-state index >= 15 is 0 Å². The maximum atomic E-state index is 4.56. The number of nitrogens with zero attached hydrogens (tertiary/aromatic N) is 3. The summed E-state index contributed by atoms with van der Waals surface area (Å²) in [6.07, 6.45) is 7.50. The van der Waals surface area contributed by atoms with Crippen molar-refractivity contribution < 1.29 is 0 Å². The number of hydrogen-bond donors (Lipinski definition) is 1. The van der Waals surface area contributed by atoms with Gasteiger partial charge in [-0.25, -0.2) is 4.52 Å². The van der Waals surface area contributed by atoms with Crippen LogP contribution >= 0.6 is 0 Å². The minimum absolute atomic E-state index is 0.599. The summed E-state index contributed by atoms with van der Waals surface area (Å²) in [4.78, 5) is 4.56. The van der Waals surface area contributed by atoms with E-state index in [2.05, 4.69) is 34.5 Å². The van der Waals surface area contributed by atoms with Crippen LogP contribution in [0.5, 0.6) is 0 Å². The van der Waals surface area contributed by atoms with Crippen molar-refractivity contribution >= 4 is 11.6 Å². The molecule has 2 aliphatic carbocycles. The van der Waals surface area contributed by atoms with Crippen molar-refractivity contribution in [2.75, 3.05) is 5.32 Å². The van der Waals surface area contributed by atoms with Crippen molar-refractivity contribution in [1.82, 2.24) is 14.6 Å². The van der Waals surface area contributed by atoms with Crippen molar-refractivity contribution in [3.63, 3.8) is 0 Å². The monoisotopic (exact) mass is 242 g/mol. The van der Waals surface area contributed by atoms with E-state index in [1.807, 2.05) is 10.7 Å². The first-order valence-electron chi connectivity index (χ1n) is 6.87. The molecule has 0 amide bonds. The maximum Gasteiger partial charge on any atom is 0.243 e. The molecular weight excluding hydrogens is 224 g/mol. The van der Waals surface area contributed by atoms with E-state index in [0.717, 1.165) is 23.4 Å². The Kier molecular flexibility index (Phi) is 2.13. The highest BCUT2D eigenvalue weighted by Crippen LogP contribution is 2.45. The average molecular weight is 242 g/mol. The number of anilines is 1. The van der Waals surface area contributed by atoms with Gasteiger partial charge in [-0.3, -0.25) is 0 Å². The highest BCUT2D eigenvalue weighted by Gasteiger charge is 2.39. The average Bonchev–Trinajstić information content (AvgIpc) is 3.02. The predicted octanol–water partition coefficient (Wildman–Crippen LogP) is 2.64. The topological polar surface area (TPSA) is 42.2 Å². The number of rotatable bonds is 2. The minimum atomic E-state index is 0.599. The summed E-state index contributed by atoms with van der Waals surface area (Å²) >= 11 is 0. The lowest BCUT2D eigenvalue weighted by Crippen LogP contribution is -2.26. The molecule has 2 fully saturated rings. The Hall–Kier alpha value is -1.58. The molecule has 1 N–H and O–H groups in total. The smallest absolute Gasteiger partial charge is 0.243 e. The summed E-state index contributed by atoms with van der Waals surface area (Å²) in [5.74, 6) is 2.59. The highest BCUT2D eigenvalue weighted by atomic mass is 15.3. The SMILES string of the molecule is Cc1ccn2nc(NC3CC4CCC3C4)nc2c1. The molecule has 2 aromatic heterocycles.